The van der Waals surface area contributed by atoms with Gasteiger partial charge in [0, 0.05) is 31.7 Å². The Morgan fingerprint density at radius 3 is 2.58 bits per heavy atom. The van der Waals surface area contributed by atoms with E-state index in [0.717, 1.165) is 25.7 Å². The van der Waals surface area contributed by atoms with E-state index in [1.807, 2.05) is 0 Å². The van der Waals surface area contributed by atoms with Crippen LogP contribution < -0.4 is 0 Å². The van der Waals surface area contributed by atoms with Crippen LogP contribution in [0.25, 0.3) is 5.76 Å². The van der Waals surface area contributed by atoms with E-state index >= 15 is 0 Å². The average molecular weight is 454 g/mol. The Morgan fingerprint density at radius 2 is 1.88 bits per heavy atom. The number of benzene rings is 2. The van der Waals surface area contributed by atoms with Crippen molar-refractivity contribution in [1.29, 1.82) is 0 Å². The number of phenolic OH excluding ortho intramolecular Hbond substituents is 1. The third kappa shape index (κ3) is 4.77. The Bertz CT molecular complexity index is 1090. The van der Waals surface area contributed by atoms with Crippen molar-refractivity contribution < 1.29 is 28.9 Å². The van der Waals surface area contributed by atoms with Crippen LogP contribution in [-0.2, 0) is 14.3 Å². The van der Waals surface area contributed by atoms with Gasteiger partial charge < -0.3 is 19.8 Å². The Labute approximate surface area is 191 Å². The lowest BCUT2D eigenvalue weighted by Gasteiger charge is -2.29. The molecule has 2 heterocycles. The molecule has 1 amide bonds. The molecule has 0 unspecified atom stereocenters. The molecule has 2 N–H and O–H groups in total. The molecule has 2 aromatic rings. The minimum Gasteiger partial charge on any atom is -0.508 e. The molecule has 2 aliphatic heterocycles. The molecular formula is C25H27FN2O5. The van der Waals surface area contributed by atoms with Crippen LogP contribution in [-0.4, -0.2) is 71.1 Å². The van der Waals surface area contributed by atoms with Crippen LogP contribution in [0, 0.1) is 12.7 Å². The average Bonchev–Trinajstić information content (AvgIpc) is 3.06. The maximum absolute atomic E-state index is 14.2. The number of carbonyl (C=O) groups is 2. The van der Waals surface area contributed by atoms with Crippen molar-refractivity contribution in [3.63, 3.8) is 0 Å². The van der Waals surface area contributed by atoms with Crippen molar-refractivity contribution >= 4 is 17.4 Å². The van der Waals surface area contributed by atoms with Gasteiger partial charge in [0.25, 0.3) is 11.7 Å². The first-order valence-corrected chi connectivity index (χ1v) is 11.0. The van der Waals surface area contributed by atoms with E-state index in [-0.39, 0.29) is 16.9 Å². The SMILES string of the molecule is Cc1ccc(C(O)=C2C(=O)C(=O)N(CCCN3CCOCC3)[C@@H]2c2cccc(O)c2)cc1F. The molecule has 33 heavy (non-hydrogen) atoms. The van der Waals surface area contributed by atoms with Gasteiger partial charge in [-0.2, -0.15) is 0 Å². The van der Waals surface area contributed by atoms with E-state index in [4.69, 9.17) is 4.74 Å². The Hall–Kier alpha value is -3.23. The summed E-state index contributed by atoms with van der Waals surface area (Å²) in [7, 11) is 0. The molecule has 0 aromatic heterocycles. The summed E-state index contributed by atoms with van der Waals surface area (Å²) in [6, 6.07) is 9.54. The molecule has 0 bridgehead atoms. The summed E-state index contributed by atoms with van der Waals surface area (Å²) in [5.74, 6) is -2.52. The third-order valence-electron chi connectivity index (χ3n) is 6.15. The Kier molecular flexibility index (Phi) is 6.76. The number of amides is 1. The van der Waals surface area contributed by atoms with E-state index in [1.165, 1.54) is 29.2 Å². The number of hydrogen-bond donors (Lipinski definition) is 2. The van der Waals surface area contributed by atoms with Gasteiger partial charge in [-0.15, -0.1) is 0 Å². The number of morpholine rings is 1. The number of aliphatic hydroxyl groups excluding tert-OH is 1. The van der Waals surface area contributed by atoms with Crippen LogP contribution in [0.5, 0.6) is 5.75 Å². The first-order valence-electron chi connectivity index (χ1n) is 11.0. The fraction of sp³-hybridized carbons (Fsp3) is 0.360. The minimum atomic E-state index is -0.883. The molecule has 7 nitrogen and oxygen atoms in total. The minimum absolute atomic E-state index is 0.0206. The molecule has 2 aliphatic rings. The normalized spacial score (nSPS) is 21.0. The number of likely N-dealkylation sites (tertiary alicyclic amines) is 1. The highest BCUT2D eigenvalue weighted by molar-refractivity contribution is 6.46. The van der Waals surface area contributed by atoms with Crippen molar-refractivity contribution in [1.82, 2.24) is 9.80 Å². The summed E-state index contributed by atoms with van der Waals surface area (Å²) in [6.45, 7) is 5.59. The maximum Gasteiger partial charge on any atom is 0.295 e. The van der Waals surface area contributed by atoms with Crippen molar-refractivity contribution in [2.75, 3.05) is 39.4 Å². The van der Waals surface area contributed by atoms with E-state index in [1.54, 1.807) is 19.1 Å². The largest absolute Gasteiger partial charge is 0.508 e. The van der Waals surface area contributed by atoms with E-state index in [9.17, 15) is 24.2 Å². The number of carbonyl (C=O) groups excluding carboxylic acids is 2. The number of rotatable bonds is 6. The molecule has 4 rings (SSSR count). The molecule has 174 valence electrons. The van der Waals surface area contributed by atoms with Crippen molar-refractivity contribution in [3.8, 4) is 5.75 Å². The first kappa shape index (κ1) is 22.9. The lowest BCUT2D eigenvalue weighted by molar-refractivity contribution is -0.140. The second-order valence-electron chi connectivity index (χ2n) is 8.36. The standard InChI is InChI=1S/C25H27FN2O5/c1-16-6-7-18(15-20(16)26)23(30)21-22(17-4-2-5-19(29)14-17)28(25(32)24(21)31)9-3-8-27-10-12-33-13-11-27/h2,4-7,14-15,22,29-30H,3,8-13H2,1H3/t22-/m1/s1. The number of hydrogen-bond acceptors (Lipinski definition) is 6. The predicted molar refractivity (Wildman–Crippen MR) is 120 cm³/mol. The van der Waals surface area contributed by atoms with Crippen LogP contribution >= 0.6 is 0 Å². The number of halogens is 1. The monoisotopic (exact) mass is 454 g/mol. The molecule has 2 aromatic carbocycles. The maximum atomic E-state index is 14.2. The lowest BCUT2D eigenvalue weighted by atomic mass is 9.94. The van der Waals surface area contributed by atoms with E-state index in [2.05, 4.69) is 4.90 Å². The zero-order valence-corrected chi connectivity index (χ0v) is 18.5. The van der Waals surface area contributed by atoms with Crippen LogP contribution in [0.3, 0.4) is 0 Å². The number of aliphatic hydroxyl groups is 1. The molecule has 0 aliphatic carbocycles. The zero-order valence-electron chi connectivity index (χ0n) is 18.5. The molecule has 2 saturated heterocycles. The number of nitrogens with zero attached hydrogens (tertiary/aromatic N) is 2. The molecular weight excluding hydrogens is 427 g/mol. The smallest absolute Gasteiger partial charge is 0.295 e. The fourth-order valence-electron chi connectivity index (χ4n) is 4.34. The topological polar surface area (TPSA) is 90.3 Å². The van der Waals surface area contributed by atoms with Gasteiger partial charge in [-0.3, -0.25) is 14.5 Å². The highest BCUT2D eigenvalue weighted by Crippen LogP contribution is 2.40. The van der Waals surface area contributed by atoms with Crippen LogP contribution in [0.4, 0.5) is 4.39 Å². The summed E-state index contributed by atoms with van der Waals surface area (Å²) in [5.41, 5.74) is 0.907. The molecule has 1 atom stereocenters. The second kappa shape index (κ2) is 9.72. The van der Waals surface area contributed by atoms with Crippen LogP contribution in [0.1, 0.15) is 29.2 Å². The fourth-order valence-corrected chi connectivity index (χ4v) is 4.34. The first-order chi connectivity index (χ1) is 15.9. The number of aryl methyl sites for hydroxylation is 1. The molecule has 0 saturated carbocycles. The summed E-state index contributed by atoms with van der Waals surface area (Å²) >= 11 is 0. The van der Waals surface area contributed by atoms with Gasteiger partial charge in [0.2, 0.25) is 0 Å². The third-order valence-corrected chi connectivity index (χ3v) is 6.15. The predicted octanol–water partition coefficient (Wildman–Crippen LogP) is 2.98. The van der Waals surface area contributed by atoms with Gasteiger partial charge >= 0.3 is 0 Å². The summed E-state index contributed by atoms with van der Waals surface area (Å²) in [6.07, 6.45) is 0.627. The second-order valence-corrected chi connectivity index (χ2v) is 8.36. The van der Waals surface area contributed by atoms with Gasteiger partial charge in [-0.25, -0.2) is 4.39 Å². The van der Waals surface area contributed by atoms with Crippen molar-refractivity contribution in [2.45, 2.75) is 19.4 Å². The number of Topliss-reactive ketones (excluding diaryl/α,β-unsaturated/α-hetero) is 1. The van der Waals surface area contributed by atoms with Crippen molar-refractivity contribution in [2.24, 2.45) is 0 Å². The molecule has 2 fully saturated rings. The molecule has 8 heteroatoms. The summed E-state index contributed by atoms with van der Waals surface area (Å²) in [4.78, 5) is 29.7. The van der Waals surface area contributed by atoms with Crippen LogP contribution in [0.2, 0.25) is 0 Å². The Balaban J connectivity index is 1.69. The van der Waals surface area contributed by atoms with Gasteiger partial charge in [0.1, 0.15) is 17.3 Å². The number of ketones is 1. The lowest BCUT2D eigenvalue weighted by Crippen LogP contribution is -2.38. The highest BCUT2D eigenvalue weighted by atomic mass is 19.1. The number of ether oxygens (including phenoxy) is 1. The summed E-state index contributed by atoms with van der Waals surface area (Å²) in [5, 5.41) is 21.0. The molecule has 0 radical (unpaired) electrons. The van der Waals surface area contributed by atoms with Gasteiger partial charge in [-0.1, -0.05) is 24.3 Å². The highest BCUT2D eigenvalue weighted by Gasteiger charge is 2.46. The van der Waals surface area contributed by atoms with Gasteiger partial charge in [0.05, 0.1) is 24.8 Å². The molecule has 0 spiro atoms. The van der Waals surface area contributed by atoms with Crippen molar-refractivity contribution in [3.05, 3.63) is 70.5 Å². The van der Waals surface area contributed by atoms with E-state index < -0.39 is 29.3 Å². The number of phenols is 1. The van der Waals surface area contributed by atoms with Crippen LogP contribution in [0.15, 0.2) is 48.0 Å². The Morgan fingerprint density at radius 1 is 1.12 bits per heavy atom. The van der Waals surface area contributed by atoms with E-state index in [0.29, 0.717) is 37.3 Å². The number of aromatic hydroxyl groups is 1. The zero-order chi connectivity index (χ0) is 23.5. The van der Waals surface area contributed by atoms with Gasteiger partial charge in [0.15, 0.2) is 0 Å². The summed E-state index contributed by atoms with van der Waals surface area (Å²) < 4.78 is 19.5. The quantitative estimate of drug-likeness (QED) is 0.396. The van der Waals surface area contributed by atoms with Gasteiger partial charge in [-0.05, 0) is 42.7 Å².